The minimum absolute atomic E-state index is 0.0280. The summed E-state index contributed by atoms with van der Waals surface area (Å²) in [4.78, 5) is 15.9. The third-order valence-corrected chi connectivity index (χ3v) is 13.2. The predicted molar refractivity (Wildman–Crippen MR) is 219 cm³/mol. The molecule has 5 aliphatic carbocycles. The van der Waals surface area contributed by atoms with Crippen molar-refractivity contribution in [3.8, 4) is 62.5 Å². The number of rotatable bonds is 6. The topological polar surface area (TPSA) is 62.5 Å². The fourth-order valence-corrected chi connectivity index (χ4v) is 11.2. The minimum Gasteiger partial charge on any atom is -0.208 e. The van der Waals surface area contributed by atoms with Crippen LogP contribution < -0.4 is 0 Å². The molecule has 4 fully saturated rings. The average molecular weight is 709 g/mol. The van der Waals surface area contributed by atoms with Crippen molar-refractivity contribution in [2.75, 3.05) is 0 Å². The highest BCUT2D eigenvalue weighted by Gasteiger charge is 2.51. The van der Waals surface area contributed by atoms with Gasteiger partial charge in [-0.3, -0.25) is 0 Å². The van der Waals surface area contributed by atoms with E-state index >= 15 is 0 Å². The third kappa shape index (κ3) is 5.44. The lowest BCUT2D eigenvalue weighted by Gasteiger charge is -2.57. The quantitative estimate of drug-likeness (QED) is 0.172. The lowest BCUT2D eigenvalue weighted by molar-refractivity contribution is -0.00518. The van der Waals surface area contributed by atoms with Crippen LogP contribution in [0.2, 0.25) is 0 Å². The zero-order valence-corrected chi connectivity index (χ0v) is 30.7. The number of benzene rings is 6. The Morgan fingerprint density at radius 1 is 0.491 bits per heavy atom. The molecule has 0 saturated heterocycles. The zero-order chi connectivity index (χ0) is 36.5. The van der Waals surface area contributed by atoms with Gasteiger partial charge < -0.3 is 0 Å². The Bertz CT molecular complexity index is 2600. The molecule has 5 aliphatic rings. The Morgan fingerprint density at radius 2 is 1.09 bits per heavy atom. The molecule has 264 valence electrons. The van der Waals surface area contributed by atoms with Gasteiger partial charge in [0.15, 0.2) is 17.5 Å². The van der Waals surface area contributed by atoms with Gasteiger partial charge in [0.25, 0.3) is 0 Å². The van der Waals surface area contributed by atoms with Gasteiger partial charge in [0.2, 0.25) is 0 Å². The van der Waals surface area contributed by atoms with Crippen LogP contribution in [0.15, 0.2) is 146 Å². The molecule has 0 N–H and O–H groups in total. The normalized spacial score (nSPS) is 22.9. The van der Waals surface area contributed by atoms with E-state index in [2.05, 4.69) is 133 Å². The number of aromatic nitrogens is 3. The lowest BCUT2D eigenvalue weighted by atomic mass is 9.48. The van der Waals surface area contributed by atoms with Gasteiger partial charge in [-0.05, 0) is 124 Å². The minimum atomic E-state index is -0.0280. The Hall–Kier alpha value is -6.18. The van der Waals surface area contributed by atoms with E-state index in [9.17, 15) is 5.26 Å². The van der Waals surface area contributed by atoms with Crippen LogP contribution in [-0.4, -0.2) is 15.0 Å². The van der Waals surface area contributed by atoms with Gasteiger partial charge in [-0.15, -0.1) is 0 Å². The van der Waals surface area contributed by atoms with Crippen molar-refractivity contribution in [2.45, 2.75) is 49.9 Å². The van der Waals surface area contributed by atoms with Crippen LogP contribution in [0.1, 0.15) is 72.3 Å². The summed E-state index contributed by atoms with van der Waals surface area (Å²) in [5.41, 5.74) is 13.5. The number of nitriles is 1. The van der Waals surface area contributed by atoms with Gasteiger partial charge in [-0.1, -0.05) is 127 Å². The zero-order valence-electron chi connectivity index (χ0n) is 30.7. The second-order valence-electron chi connectivity index (χ2n) is 16.6. The van der Waals surface area contributed by atoms with Crippen molar-refractivity contribution < 1.29 is 0 Å². The van der Waals surface area contributed by atoms with Gasteiger partial charge in [-0.2, -0.15) is 5.26 Å². The first-order chi connectivity index (χ1) is 27.1. The molecular formula is C51H40N4. The second kappa shape index (κ2) is 12.7. The number of hydrogen-bond acceptors (Lipinski definition) is 4. The first kappa shape index (κ1) is 32.3. The van der Waals surface area contributed by atoms with Crippen LogP contribution >= 0.6 is 0 Å². The highest BCUT2D eigenvalue weighted by molar-refractivity contribution is 5.88. The predicted octanol–water partition coefficient (Wildman–Crippen LogP) is 12.0. The van der Waals surface area contributed by atoms with E-state index in [0.29, 0.717) is 28.5 Å². The fraction of sp³-hybridized carbons (Fsp3) is 0.216. The molecule has 7 aromatic rings. The van der Waals surface area contributed by atoms with Gasteiger partial charge in [0.05, 0.1) is 11.6 Å². The lowest BCUT2D eigenvalue weighted by Crippen LogP contribution is -2.48. The second-order valence-corrected chi connectivity index (χ2v) is 16.6. The molecule has 0 radical (unpaired) electrons. The summed E-state index contributed by atoms with van der Waals surface area (Å²) in [7, 11) is 0. The van der Waals surface area contributed by atoms with Crippen LogP contribution in [0.5, 0.6) is 0 Å². The van der Waals surface area contributed by atoms with E-state index in [1.807, 2.05) is 18.2 Å². The third-order valence-electron chi connectivity index (χ3n) is 13.2. The Kier molecular flexibility index (Phi) is 7.46. The Balaban J connectivity index is 1.08. The van der Waals surface area contributed by atoms with Crippen LogP contribution in [-0.2, 0) is 5.41 Å². The standard InChI is InChI=1S/C51H40N4/c52-31-32-17-22-43-45(26-32)42-15-8-16-44(47(42)46(43)37-11-5-2-6-12-37)50-54-48(53-49(55-50)40-14-7-13-39(27-40)36-9-3-1-4-10-36)38-18-20-41(21-19-38)51-28-33-23-34(29-51)25-35(24-33)30-51/h1-22,26-27,33-35,46H,23-25,28-30H2. The van der Waals surface area contributed by atoms with Crippen molar-refractivity contribution in [1.82, 2.24) is 15.0 Å². The highest BCUT2D eigenvalue weighted by atomic mass is 15.0. The summed E-state index contributed by atoms with van der Waals surface area (Å²) in [5.74, 6) is 4.65. The molecule has 1 unspecified atom stereocenters. The molecule has 1 heterocycles. The van der Waals surface area contributed by atoms with E-state index in [1.54, 1.807) is 0 Å². The van der Waals surface area contributed by atoms with Gasteiger partial charge in [0.1, 0.15) is 0 Å². The molecule has 1 atom stereocenters. The molecule has 55 heavy (non-hydrogen) atoms. The summed E-state index contributed by atoms with van der Waals surface area (Å²) in [5, 5.41) is 9.87. The molecule has 1 aromatic heterocycles. The fourth-order valence-electron chi connectivity index (χ4n) is 11.2. The van der Waals surface area contributed by atoms with Gasteiger partial charge >= 0.3 is 0 Å². The van der Waals surface area contributed by atoms with Crippen LogP contribution in [0, 0.1) is 29.1 Å². The SMILES string of the molecule is N#Cc1ccc2c(c1)-c1cccc(-c3nc(-c4ccc(C56CC7CC(CC(C7)C5)C6)cc4)nc(-c4cccc(-c5ccccc5)c4)n3)c1C2c1ccccc1. The monoisotopic (exact) mass is 708 g/mol. The molecular weight excluding hydrogens is 669 g/mol. The van der Waals surface area contributed by atoms with E-state index in [0.717, 1.165) is 62.3 Å². The number of fused-ring (bicyclic) bond motifs is 3. The molecule has 4 nitrogen and oxygen atoms in total. The maximum Gasteiger partial charge on any atom is 0.164 e. The summed E-state index contributed by atoms with van der Waals surface area (Å²) in [6.07, 6.45) is 8.36. The van der Waals surface area contributed by atoms with Crippen molar-refractivity contribution >= 4 is 0 Å². The summed E-state index contributed by atoms with van der Waals surface area (Å²) < 4.78 is 0. The van der Waals surface area contributed by atoms with Crippen molar-refractivity contribution in [1.29, 1.82) is 5.26 Å². The van der Waals surface area contributed by atoms with Crippen LogP contribution in [0.3, 0.4) is 0 Å². The van der Waals surface area contributed by atoms with E-state index in [1.165, 1.54) is 55.2 Å². The molecule has 0 spiro atoms. The molecule has 0 aliphatic heterocycles. The van der Waals surface area contributed by atoms with Gasteiger partial charge in [0, 0.05) is 22.6 Å². The largest absolute Gasteiger partial charge is 0.208 e. The number of nitrogens with zero attached hydrogens (tertiary/aromatic N) is 4. The van der Waals surface area contributed by atoms with Crippen LogP contribution in [0.25, 0.3) is 56.4 Å². The van der Waals surface area contributed by atoms with E-state index in [-0.39, 0.29) is 5.92 Å². The van der Waals surface area contributed by atoms with Crippen molar-refractivity contribution in [3.63, 3.8) is 0 Å². The molecule has 4 saturated carbocycles. The maximum atomic E-state index is 9.87. The molecule has 4 heteroatoms. The number of hydrogen-bond donors (Lipinski definition) is 0. The van der Waals surface area contributed by atoms with Crippen molar-refractivity contribution in [2.24, 2.45) is 17.8 Å². The summed E-state index contributed by atoms with van der Waals surface area (Å²) in [6.45, 7) is 0. The molecule has 6 aromatic carbocycles. The first-order valence-electron chi connectivity index (χ1n) is 19.9. The van der Waals surface area contributed by atoms with E-state index < -0.39 is 0 Å². The maximum absolute atomic E-state index is 9.87. The smallest absolute Gasteiger partial charge is 0.164 e. The average Bonchev–Trinajstić information content (AvgIpc) is 3.57. The molecule has 0 amide bonds. The van der Waals surface area contributed by atoms with Crippen molar-refractivity contribution in [3.05, 3.63) is 173 Å². The highest BCUT2D eigenvalue weighted by Crippen LogP contribution is 2.61. The summed E-state index contributed by atoms with van der Waals surface area (Å²) >= 11 is 0. The Labute approximate surface area is 322 Å². The first-order valence-corrected chi connectivity index (χ1v) is 19.9. The molecule has 12 rings (SSSR count). The van der Waals surface area contributed by atoms with E-state index in [4.69, 9.17) is 15.0 Å². The molecule has 4 bridgehead atoms. The van der Waals surface area contributed by atoms with Gasteiger partial charge in [-0.25, -0.2) is 15.0 Å². The summed E-state index contributed by atoms with van der Waals surface area (Å²) in [6, 6.07) is 53.9. The van der Waals surface area contributed by atoms with Crippen LogP contribution in [0.4, 0.5) is 0 Å². The Morgan fingerprint density at radius 3 is 1.80 bits per heavy atom.